The third-order valence-corrected chi connectivity index (χ3v) is 0.745. The SMILES string of the molecule is CC(=O)OC(C)C.O=C(O)CCl. The Hall–Kier alpha value is -0.770. The Morgan fingerprint density at radius 2 is 1.83 bits per heavy atom. The minimum absolute atomic E-state index is 0.0255. The number of ether oxygens (including phenoxy) is 1. The number of carbonyl (C=O) groups is 2. The van der Waals surface area contributed by atoms with Gasteiger partial charge in [-0.25, -0.2) is 0 Å². The molecule has 0 aromatic heterocycles. The molecule has 5 heteroatoms. The second kappa shape index (κ2) is 8.33. The summed E-state index contributed by atoms with van der Waals surface area (Å²) in [6.45, 7) is 5.04. The Morgan fingerprint density at radius 3 is 1.83 bits per heavy atom. The van der Waals surface area contributed by atoms with E-state index in [1.54, 1.807) is 0 Å². The third-order valence-electron chi connectivity index (χ3n) is 0.516. The predicted molar refractivity (Wildman–Crippen MR) is 45.3 cm³/mol. The van der Waals surface area contributed by atoms with E-state index in [2.05, 4.69) is 4.74 Å². The molecule has 0 radical (unpaired) electrons. The standard InChI is InChI=1S/C5H10O2.C2H3ClO2/c1-4(2)7-5(3)6;3-1-2(4)5/h4H,1-3H3;1H2,(H,4,5). The van der Waals surface area contributed by atoms with Gasteiger partial charge in [-0.3, -0.25) is 9.59 Å². The molecule has 0 saturated carbocycles. The van der Waals surface area contributed by atoms with E-state index in [1.807, 2.05) is 13.8 Å². The zero-order chi connectivity index (χ0) is 10.1. The van der Waals surface area contributed by atoms with Crippen LogP contribution in [0.3, 0.4) is 0 Å². The summed E-state index contributed by atoms with van der Waals surface area (Å²) in [4.78, 5) is 19.3. The molecule has 0 heterocycles. The van der Waals surface area contributed by atoms with Gasteiger partial charge >= 0.3 is 11.9 Å². The smallest absolute Gasteiger partial charge is 0.318 e. The molecule has 0 amide bonds. The van der Waals surface area contributed by atoms with Gasteiger partial charge in [0, 0.05) is 6.92 Å². The highest BCUT2D eigenvalue weighted by molar-refractivity contribution is 6.26. The Balaban J connectivity index is 0. The molecular weight excluding hydrogens is 184 g/mol. The summed E-state index contributed by atoms with van der Waals surface area (Å²) >= 11 is 4.74. The van der Waals surface area contributed by atoms with Crippen molar-refractivity contribution in [3.63, 3.8) is 0 Å². The number of rotatable bonds is 2. The van der Waals surface area contributed by atoms with E-state index in [1.165, 1.54) is 6.92 Å². The summed E-state index contributed by atoms with van der Waals surface area (Å²) in [5.41, 5.74) is 0. The van der Waals surface area contributed by atoms with Crippen molar-refractivity contribution in [2.45, 2.75) is 26.9 Å². The number of aliphatic carboxylic acids is 1. The van der Waals surface area contributed by atoms with E-state index in [9.17, 15) is 9.59 Å². The van der Waals surface area contributed by atoms with Crippen molar-refractivity contribution in [2.24, 2.45) is 0 Å². The molecule has 0 unspecified atom stereocenters. The van der Waals surface area contributed by atoms with E-state index in [4.69, 9.17) is 16.7 Å². The molecule has 0 aliphatic carbocycles. The maximum atomic E-state index is 10.0. The highest BCUT2D eigenvalue weighted by Crippen LogP contribution is 1.85. The predicted octanol–water partition coefficient (Wildman–Crippen LogP) is 1.27. The first kappa shape index (κ1) is 13.8. The van der Waals surface area contributed by atoms with Gasteiger partial charge in [-0.15, -0.1) is 11.6 Å². The summed E-state index contributed by atoms with van der Waals surface area (Å²) in [5.74, 6) is -1.50. The lowest BCUT2D eigenvalue weighted by atomic mass is 10.5. The molecule has 0 fully saturated rings. The van der Waals surface area contributed by atoms with E-state index in [0.717, 1.165) is 0 Å². The number of hydrogen-bond acceptors (Lipinski definition) is 3. The average Bonchev–Trinajstić information content (AvgIpc) is 1.85. The number of halogens is 1. The highest BCUT2D eigenvalue weighted by atomic mass is 35.5. The molecule has 0 aliphatic heterocycles. The first-order chi connectivity index (χ1) is 5.40. The molecule has 0 aromatic carbocycles. The monoisotopic (exact) mass is 196 g/mol. The number of alkyl halides is 1. The summed E-state index contributed by atoms with van der Waals surface area (Å²) in [6.07, 6.45) is 0.0255. The van der Waals surface area contributed by atoms with Gasteiger partial charge in [0.2, 0.25) is 0 Å². The van der Waals surface area contributed by atoms with Gasteiger partial charge in [0.15, 0.2) is 0 Å². The first-order valence-electron chi connectivity index (χ1n) is 3.35. The molecule has 0 saturated heterocycles. The van der Waals surface area contributed by atoms with Crippen molar-refractivity contribution < 1.29 is 19.4 Å². The van der Waals surface area contributed by atoms with Gasteiger partial charge < -0.3 is 9.84 Å². The van der Waals surface area contributed by atoms with Gasteiger partial charge in [-0.1, -0.05) is 0 Å². The van der Waals surface area contributed by atoms with Crippen LogP contribution in [0.4, 0.5) is 0 Å². The van der Waals surface area contributed by atoms with Gasteiger partial charge in [-0.05, 0) is 13.8 Å². The van der Waals surface area contributed by atoms with Crippen LogP contribution in [0.25, 0.3) is 0 Å². The topological polar surface area (TPSA) is 63.6 Å². The largest absolute Gasteiger partial charge is 0.480 e. The number of carbonyl (C=O) groups excluding carboxylic acids is 1. The van der Waals surface area contributed by atoms with Gasteiger partial charge in [0.25, 0.3) is 0 Å². The number of carboxylic acids is 1. The zero-order valence-corrected chi connectivity index (χ0v) is 8.09. The second-order valence-corrected chi connectivity index (χ2v) is 2.45. The van der Waals surface area contributed by atoms with Crippen molar-refractivity contribution in [3.05, 3.63) is 0 Å². The van der Waals surface area contributed by atoms with Crippen LogP contribution in [0.15, 0.2) is 0 Å². The first-order valence-corrected chi connectivity index (χ1v) is 3.88. The highest BCUT2D eigenvalue weighted by Gasteiger charge is 1.93. The lowest BCUT2D eigenvalue weighted by molar-refractivity contribution is -0.144. The fraction of sp³-hybridized carbons (Fsp3) is 0.714. The van der Waals surface area contributed by atoms with E-state index in [0.29, 0.717) is 0 Å². The second-order valence-electron chi connectivity index (χ2n) is 2.19. The number of esters is 1. The molecule has 0 aliphatic rings. The summed E-state index contributed by atoms with van der Waals surface area (Å²) in [5, 5.41) is 7.59. The Bertz CT molecular complexity index is 144. The fourth-order valence-corrected chi connectivity index (χ4v) is 0.332. The van der Waals surface area contributed by atoms with Crippen LogP contribution in [0.2, 0.25) is 0 Å². The normalized spacial score (nSPS) is 8.42. The van der Waals surface area contributed by atoms with E-state index >= 15 is 0 Å². The molecule has 0 aromatic rings. The van der Waals surface area contributed by atoms with Crippen LogP contribution in [0, 0.1) is 0 Å². The molecular formula is C7H13ClO4. The molecule has 72 valence electrons. The molecule has 0 atom stereocenters. The molecule has 12 heavy (non-hydrogen) atoms. The summed E-state index contributed by atoms with van der Waals surface area (Å²) in [6, 6.07) is 0. The van der Waals surface area contributed by atoms with Crippen LogP contribution in [0.1, 0.15) is 20.8 Å². The van der Waals surface area contributed by atoms with Crippen LogP contribution in [-0.4, -0.2) is 29.0 Å². The minimum Gasteiger partial charge on any atom is -0.480 e. The van der Waals surface area contributed by atoms with Gasteiger partial charge in [0.05, 0.1) is 6.10 Å². The Labute approximate surface area is 76.5 Å². The summed E-state index contributed by atoms with van der Waals surface area (Å²) < 4.78 is 4.61. The lowest BCUT2D eigenvalue weighted by Crippen LogP contribution is -2.06. The number of carboxylic acid groups (broad SMARTS) is 1. The zero-order valence-electron chi connectivity index (χ0n) is 7.33. The molecule has 0 spiro atoms. The van der Waals surface area contributed by atoms with E-state index in [-0.39, 0.29) is 18.0 Å². The molecule has 0 rings (SSSR count). The lowest BCUT2D eigenvalue weighted by Gasteiger charge is -2.01. The van der Waals surface area contributed by atoms with Crippen molar-refractivity contribution >= 4 is 23.5 Å². The summed E-state index contributed by atoms with van der Waals surface area (Å²) in [7, 11) is 0. The van der Waals surface area contributed by atoms with Crippen LogP contribution in [-0.2, 0) is 14.3 Å². The minimum atomic E-state index is -0.980. The average molecular weight is 197 g/mol. The maximum Gasteiger partial charge on any atom is 0.318 e. The third kappa shape index (κ3) is 22.9. The number of hydrogen-bond donors (Lipinski definition) is 1. The Morgan fingerprint density at radius 1 is 1.50 bits per heavy atom. The van der Waals surface area contributed by atoms with Crippen LogP contribution in [0.5, 0.6) is 0 Å². The Kier molecular flexibility index (Phi) is 9.57. The quantitative estimate of drug-likeness (QED) is 0.534. The molecule has 4 nitrogen and oxygen atoms in total. The van der Waals surface area contributed by atoms with Crippen molar-refractivity contribution in [3.8, 4) is 0 Å². The molecule has 1 N–H and O–H groups in total. The van der Waals surface area contributed by atoms with Crippen LogP contribution < -0.4 is 0 Å². The fourth-order valence-electron chi connectivity index (χ4n) is 0.332. The maximum absolute atomic E-state index is 10.0. The van der Waals surface area contributed by atoms with Gasteiger partial charge in [0.1, 0.15) is 5.88 Å². The van der Waals surface area contributed by atoms with Crippen molar-refractivity contribution in [2.75, 3.05) is 5.88 Å². The van der Waals surface area contributed by atoms with Crippen LogP contribution >= 0.6 is 11.6 Å². The molecule has 0 bridgehead atoms. The van der Waals surface area contributed by atoms with Crippen molar-refractivity contribution in [1.29, 1.82) is 0 Å². The van der Waals surface area contributed by atoms with Crippen molar-refractivity contribution in [1.82, 2.24) is 0 Å². The van der Waals surface area contributed by atoms with E-state index < -0.39 is 5.97 Å². The van der Waals surface area contributed by atoms with Gasteiger partial charge in [-0.2, -0.15) is 0 Å².